The number of halogens is 1. The largest absolute Gasteiger partial charge is 0.490 e. The summed E-state index contributed by atoms with van der Waals surface area (Å²) in [6, 6.07) is 9.79. The van der Waals surface area contributed by atoms with Gasteiger partial charge in [-0.05, 0) is 71.6 Å². The molecule has 0 spiro atoms. The Balaban J connectivity index is 1.72. The van der Waals surface area contributed by atoms with Crippen molar-refractivity contribution in [3.8, 4) is 17.2 Å². The minimum atomic E-state index is -0.192. The number of nitrogens with one attached hydrogen (secondary N) is 1. The van der Waals surface area contributed by atoms with Gasteiger partial charge in [-0.15, -0.1) is 0 Å². The number of carbonyl (C=O) groups is 1. The summed E-state index contributed by atoms with van der Waals surface area (Å²) in [6.07, 6.45) is 1.78. The van der Waals surface area contributed by atoms with E-state index in [0.717, 1.165) is 26.9 Å². The Bertz CT molecular complexity index is 987. The summed E-state index contributed by atoms with van der Waals surface area (Å²) in [5.41, 5.74) is 3.00. The van der Waals surface area contributed by atoms with Gasteiger partial charge in [-0.25, -0.2) is 0 Å². The second-order valence-corrected chi connectivity index (χ2v) is 9.11. The van der Waals surface area contributed by atoms with Gasteiger partial charge in [0.2, 0.25) is 0 Å². The molecule has 5 nitrogen and oxygen atoms in total. The summed E-state index contributed by atoms with van der Waals surface area (Å²) >= 11 is 9.84. The van der Waals surface area contributed by atoms with Crippen molar-refractivity contribution in [2.75, 3.05) is 19.8 Å². The zero-order chi connectivity index (χ0) is 21.7. The van der Waals surface area contributed by atoms with Gasteiger partial charge in [-0.1, -0.05) is 42.2 Å². The lowest BCUT2D eigenvalue weighted by Crippen LogP contribution is -2.17. The topological polar surface area (TPSA) is 56.8 Å². The van der Waals surface area contributed by atoms with E-state index in [1.54, 1.807) is 6.08 Å². The van der Waals surface area contributed by atoms with E-state index in [4.69, 9.17) is 26.4 Å². The Hall–Kier alpha value is -2.03. The molecule has 1 N–H and O–H groups in total. The van der Waals surface area contributed by atoms with Gasteiger partial charge in [0.1, 0.15) is 23.3 Å². The minimum Gasteiger partial charge on any atom is -0.490 e. The fourth-order valence-electron chi connectivity index (χ4n) is 2.96. The molecule has 158 valence electrons. The molecule has 0 aliphatic carbocycles. The third-order valence-corrected chi connectivity index (χ3v) is 6.01. The molecular weight excluding hydrogens is 486 g/mol. The summed E-state index contributed by atoms with van der Waals surface area (Å²) in [5, 5.41) is 2.61. The van der Waals surface area contributed by atoms with Crippen molar-refractivity contribution >= 4 is 56.2 Å². The molecule has 3 rings (SSSR count). The molecule has 1 fully saturated rings. The average molecular weight is 508 g/mol. The van der Waals surface area contributed by atoms with Crippen molar-refractivity contribution in [1.29, 1.82) is 0 Å². The molecule has 2 aromatic rings. The van der Waals surface area contributed by atoms with E-state index < -0.39 is 0 Å². The van der Waals surface area contributed by atoms with Crippen molar-refractivity contribution < 1.29 is 19.0 Å². The lowest BCUT2D eigenvalue weighted by Gasteiger charge is -2.16. The summed E-state index contributed by atoms with van der Waals surface area (Å²) in [5.74, 6) is 1.89. The monoisotopic (exact) mass is 507 g/mol. The van der Waals surface area contributed by atoms with Crippen LogP contribution in [-0.4, -0.2) is 30.0 Å². The zero-order valence-corrected chi connectivity index (χ0v) is 20.1. The van der Waals surface area contributed by atoms with Crippen LogP contribution in [0.15, 0.2) is 39.7 Å². The van der Waals surface area contributed by atoms with Crippen LogP contribution in [0.3, 0.4) is 0 Å². The van der Waals surface area contributed by atoms with E-state index in [0.29, 0.717) is 40.5 Å². The van der Waals surface area contributed by atoms with Gasteiger partial charge < -0.3 is 19.5 Å². The van der Waals surface area contributed by atoms with Crippen molar-refractivity contribution in [2.24, 2.45) is 0 Å². The number of para-hydroxylation sites is 1. The molecule has 0 unspecified atom stereocenters. The quantitative estimate of drug-likeness (QED) is 0.292. The van der Waals surface area contributed by atoms with Gasteiger partial charge in [0.15, 0.2) is 11.5 Å². The van der Waals surface area contributed by atoms with Crippen LogP contribution >= 0.6 is 39.9 Å². The van der Waals surface area contributed by atoms with E-state index in [2.05, 4.69) is 21.2 Å². The fourth-order valence-corrected chi connectivity index (χ4v) is 4.58. The Morgan fingerprint density at radius 3 is 2.37 bits per heavy atom. The van der Waals surface area contributed by atoms with Gasteiger partial charge in [0.25, 0.3) is 5.91 Å². The summed E-state index contributed by atoms with van der Waals surface area (Å²) in [4.78, 5) is 12.5. The molecule has 0 aromatic heterocycles. The molecule has 0 radical (unpaired) electrons. The standard InChI is InChI=1S/C22H22BrNO4S2/c1-4-26-17-11-15(12-18-21(25)24-22(29)30-18)10-16(23)20(17)28-9-8-27-19-13(2)6-5-7-14(19)3/h5-7,10-12H,4,8-9H2,1-3H3,(H,24,25,29)/b18-12+. The van der Waals surface area contributed by atoms with Gasteiger partial charge in [0, 0.05) is 0 Å². The predicted octanol–water partition coefficient (Wildman–Crippen LogP) is 5.41. The molecule has 0 atom stereocenters. The van der Waals surface area contributed by atoms with Crippen LogP contribution < -0.4 is 19.5 Å². The maximum atomic E-state index is 11.9. The van der Waals surface area contributed by atoms with Crippen LogP contribution in [0.2, 0.25) is 0 Å². The van der Waals surface area contributed by atoms with Crippen LogP contribution in [0, 0.1) is 13.8 Å². The number of ether oxygens (including phenoxy) is 3. The number of rotatable bonds is 8. The van der Waals surface area contributed by atoms with Crippen molar-refractivity contribution in [2.45, 2.75) is 20.8 Å². The molecule has 2 aromatic carbocycles. The zero-order valence-electron chi connectivity index (χ0n) is 16.9. The second-order valence-electron chi connectivity index (χ2n) is 6.53. The molecule has 0 bridgehead atoms. The molecule has 30 heavy (non-hydrogen) atoms. The normalized spacial score (nSPS) is 14.7. The summed E-state index contributed by atoms with van der Waals surface area (Å²) < 4.78 is 18.8. The molecule has 1 amide bonds. The number of thiocarbonyl (C=S) groups is 1. The molecule has 8 heteroatoms. The first-order valence-electron chi connectivity index (χ1n) is 9.42. The van der Waals surface area contributed by atoms with E-state index in [9.17, 15) is 4.79 Å². The lowest BCUT2D eigenvalue weighted by molar-refractivity contribution is -0.115. The first-order valence-corrected chi connectivity index (χ1v) is 11.4. The highest BCUT2D eigenvalue weighted by molar-refractivity contribution is 9.10. The maximum absolute atomic E-state index is 11.9. The summed E-state index contributed by atoms with van der Waals surface area (Å²) in [7, 11) is 0. The van der Waals surface area contributed by atoms with E-state index in [1.807, 2.05) is 51.1 Å². The van der Waals surface area contributed by atoms with Crippen LogP contribution in [0.25, 0.3) is 6.08 Å². The SMILES string of the molecule is CCOc1cc(/C=C2/SC(=S)NC2=O)cc(Br)c1OCCOc1c(C)cccc1C. The molecule has 1 heterocycles. The predicted molar refractivity (Wildman–Crippen MR) is 129 cm³/mol. The Kier molecular flexibility index (Phi) is 7.80. The Morgan fingerprint density at radius 2 is 1.77 bits per heavy atom. The van der Waals surface area contributed by atoms with Gasteiger partial charge in [0.05, 0.1) is 16.0 Å². The highest BCUT2D eigenvalue weighted by Crippen LogP contribution is 2.38. The highest BCUT2D eigenvalue weighted by atomic mass is 79.9. The van der Waals surface area contributed by atoms with Crippen LogP contribution in [0.5, 0.6) is 17.2 Å². The molecule has 0 saturated carbocycles. The summed E-state index contributed by atoms with van der Waals surface area (Å²) in [6.45, 7) is 7.21. The minimum absolute atomic E-state index is 0.192. The third kappa shape index (κ3) is 5.56. The Labute approximate surface area is 194 Å². The number of hydrogen-bond acceptors (Lipinski definition) is 6. The van der Waals surface area contributed by atoms with Crippen LogP contribution in [0.4, 0.5) is 0 Å². The van der Waals surface area contributed by atoms with E-state index in [-0.39, 0.29) is 5.91 Å². The smallest absolute Gasteiger partial charge is 0.263 e. The van der Waals surface area contributed by atoms with E-state index >= 15 is 0 Å². The number of thioether (sulfide) groups is 1. The highest BCUT2D eigenvalue weighted by Gasteiger charge is 2.22. The lowest BCUT2D eigenvalue weighted by atomic mass is 10.1. The Morgan fingerprint density at radius 1 is 1.10 bits per heavy atom. The van der Waals surface area contributed by atoms with Crippen LogP contribution in [-0.2, 0) is 4.79 Å². The third-order valence-electron chi connectivity index (χ3n) is 4.26. The molecular formula is C22H22BrNO4S2. The van der Waals surface area contributed by atoms with Crippen molar-refractivity contribution in [3.63, 3.8) is 0 Å². The average Bonchev–Trinajstić information content (AvgIpc) is 2.99. The van der Waals surface area contributed by atoms with Crippen molar-refractivity contribution in [3.05, 3.63) is 56.4 Å². The second kappa shape index (κ2) is 10.3. The molecule has 1 saturated heterocycles. The van der Waals surface area contributed by atoms with Crippen LogP contribution in [0.1, 0.15) is 23.6 Å². The number of hydrogen-bond donors (Lipinski definition) is 1. The fraction of sp³-hybridized carbons (Fsp3) is 0.273. The van der Waals surface area contributed by atoms with E-state index in [1.165, 1.54) is 11.8 Å². The van der Waals surface area contributed by atoms with Crippen molar-refractivity contribution in [1.82, 2.24) is 5.32 Å². The van der Waals surface area contributed by atoms with Gasteiger partial charge in [-0.2, -0.15) is 0 Å². The van der Waals surface area contributed by atoms with Gasteiger partial charge in [-0.3, -0.25) is 4.79 Å². The number of carbonyl (C=O) groups excluding carboxylic acids is 1. The number of aryl methyl sites for hydroxylation is 2. The number of amides is 1. The van der Waals surface area contributed by atoms with Gasteiger partial charge >= 0.3 is 0 Å². The molecule has 1 aliphatic heterocycles. The first-order chi connectivity index (χ1) is 14.4. The maximum Gasteiger partial charge on any atom is 0.263 e. The first kappa shape index (κ1) is 22.7. The number of benzene rings is 2. The molecule has 1 aliphatic rings.